The Kier molecular flexibility index (Phi) is 7.57. The molecule has 3 aromatic heterocycles. The Labute approximate surface area is 357 Å². The first kappa shape index (κ1) is 34.5. The van der Waals surface area contributed by atoms with Gasteiger partial charge in [-0.25, -0.2) is 9.97 Å². The number of aromatic nitrogens is 4. The highest BCUT2D eigenvalue weighted by Gasteiger charge is 2.19. The molecule has 0 atom stereocenters. The third-order valence-electron chi connectivity index (χ3n) is 12.7. The van der Waals surface area contributed by atoms with Gasteiger partial charge in [-0.05, 0) is 100 Å². The monoisotopic (exact) mass is 788 g/mol. The van der Waals surface area contributed by atoms with E-state index in [0.29, 0.717) is 5.82 Å². The first-order chi connectivity index (χ1) is 30.7. The SMILES string of the molecule is c1ccc(-n2c3ccccc3c3c(-c4ccc5c6ccccc6n(-c6ccc(-c7nc(-c8ccc9ccccc9c8)c8ccc9ccccc9c8n7)cc6)c5c4)cccc32)cc1. The molecule has 13 aromatic rings. The number of nitrogens with zero attached hydrogens (tertiary/aromatic N) is 4. The fraction of sp³-hybridized carbons (Fsp3) is 0. The Bertz CT molecular complexity index is 3910. The van der Waals surface area contributed by atoms with Crippen LogP contribution >= 0.6 is 0 Å². The Morgan fingerprint density at radius 3 is 1.73 bits per heavy atom. The molecule has 0 saturated heterocycles. The van der Waals surface area contributed by atoms with Gasteiger partial charge in [0.2, 0.25) is 0 Å². The van der Waals surface area contributed by atoms with Gasteiger partial charge in [0.1, 0.15) is 0 Å². The van der Waals surface area contributed by atoms with E-state index < -0.39 is 0 Å². The molecule has 0 amide bonds. The number of hydrogen-bond donors (Lipinski definition) is 0. The smallest absolute Gasteiger partial charge is 0.160 e. The second kappa shape index (κ2) is 13.6. The van der Waals surface area contributed by atoms with Crippen molar-refractivity contribution in [2.24, 2.45) is 0 Å². The van der Waals surface area contributed by atoms with Crippen molar-refractivity contribution >= 4 is 76.1 Å². The molecule has 3 heterocycles. The molecule has 288 valence electrons. The van der Waals surface area contributed by atoms with E-state index in [2.05, 4.69) is 228 Å². The fourth-order valence-corrected chi connectivity index (χ4v) is 9.84. The van der Waals surface area contributed by atoms with E-state index in [0.717, 1.165) is 55.4 Å². The van der Waals surface area contributed by atoms with Crippen molar-refractivity contribution in [3.8, 4) is 45.1 Å². The average molecular weight is 789 g/mol. The topological polar surface area (TPSA) is 35.6 Å². The van der Waals surface area contributed by atoms with Crippen molar-refractivity contribution in [1.82, 2.24) is 19.1 Å². The van der Waals surface area contributed by atoms with Crippen molar-refractivity contribution in [3.05, 3.63) is 218 Å². The summed E-state index contributed by atoms with van der Waals surface area (Å²) >= 11 is 0. The molecule has 13 rings (SSSR count). The van der Waals surface area contributed by atoms with Gasteiger partial charge >= 0.3 is 0 Å². The molecule has 0 aliphatic heterocycles. The lowest BCUT2D eigenvalue weighted by Gasteiger charge is -2.13. The highest BCUT2D eigenvalue weighted by molar-refractivity contribution is 6.17. The molecule has 0 aliphatic carbocycles. The zero-order chi connectivity index (χ0) is 40.7. The van der Waals surface area contributed by atoms with Crippen LogP contribution in [0.15, 0.2) is 218 Å². The highest BCUT2D eigenvalue weighted by atomic mass is 15.0. The van der Waals surface area contributed by atoms with E-state index >= 15 is 0 Å². The standard InChI is InChI=1S/C58H36N4/c1-2-16-43(17-3-1)61-52-23-11-9-20-49(52)55-45(21-12-24-53(55)61)41-30-33-48-47-19-8-10-22-51(47)62(54(48)36-41)44-31-27-39(28-32-44)58-59-56(42-26-25-37-13-4-5-15-40(37)35-42)50-34-29-38-14-6-7-18-46(38)57(50)60-58/h1-36H. The van der Waals surface area contributed by atoms with Crippen molar-refractivity contribution in [2.75, 3.05) is 0 Å². The van der Waals surface area contributed by atoms with Gasteiger partial charge in [0, 0.05) is 54.8 Å². The lowest BCUT2D eigenvalue weighted by atomic mass is 9.98. The van der Waals surface area contributed by atoms with Crippen LogP contribution in [0.4, 0.5) is 0 Å². The highest BCUT2D eigenvalue weighted by Crippen LogP contribution is 2.41. The normalized spacial score (nSPS) is 11.9. The van der Waals surface area contributed by atoms with Gasteiger partial charge in [-0.1, -0.05) is 146 Å². The van der Waals surface area contributed by atoms with Crippen LogP contribution in [0.2, 0.25) is 0 Å². The maximum absolute atomic E-state index is 5.34. The molecule has 0 spiro atoms. The van der Waals surface area contributed by atoms with E-state index in [1.54, 1.807) is 0 Å². The summed E-state index contributed by atoms with van der Waals surface area (Å²) in [6, 6.07) is 78.6. The fourth-order valence-electron chi connectivity index (χ4n) is 9.84. The Hall–Kier alpha value is -8.34. The molecule has 0 fully saturated rings. The Morgan fingerprint density at radius 2 is 0.887 bits per heavy atom. The molecule has 10 aromatic carbocycles. The molecule has 4 nitrogen and oxygen atoms in total. The number of para-hydroxylation sites is 3. The van der Waals surface area contributed by atoms with Crippen molar-refractivity contribution < 1.29 is 0 Å². The van der Waals surface area contributed by atoms with Crippen LogP contribution in [-0.2, 0) is 0 Å². The molecule has 0 aliphatic rings. The van der Waals surface area contributed by atoms with Crippen molar-refractivity contribution in [1.29, 1.82) is 0 Å². The third kappa shape index (κ3) is 5.27. The van der Waals surface area contributed by atoms with E-state index in [4.69, 9.17) is 9.97 Å². The maximum Gasteiger partial charge on any atom is 0.160 e. The Morgan fingerprint density at radius 1 is 0.306 bits per heavy atom. The van der Waals surface area contributed by atoms with E-state index in [-0.39, 0.29) is 0 Å². The lowest BCUT2D eigenvalue weighted by Crippen LogP contribution is -1.97. The van der Waals surface area contributed by atoms with Crippen LogP contribution in [0, 0.1) is 0 Å². The minimum absolute atomic E-state index is 0.704. The summed E-state index contributed by atoms with van der Waals surface area (Å²) in [5.41, 5.74) is 13.3. The van der Waals surface area contributed by atoms with Gasteiger partial charge in [0.05, 0.1) is 33.3 Å². The van der Waals surface area contributed by atoms with Gasteiger partial charge in [-0.2, -0.15) is 0 Å². The predicted octanol–water partition coefficient (Wildman–Crippen LogP) is 15.1. The molecular formula is C58H36N4. The second-order valence-corrected chi connectivity index (χ2v) is 16.2. The van der Waals surface area contributed by atoms with Crippen LogP contribution in [0.25, 0.3) is 121 Å². The van der Waals surface area contributed by atoms with Crippen LogP contribution in [0.3, 0.4) is 0 Å². The minimum atomic E-state index is 0.704. The first-order valence-corrected chi connectivity index (χ1v) is 21.2. The molecule has 4 heteroatoms. The van der Waals surface area contributed by atoms with Gasteiger partial charge < -0.3 is 9.13 Å². The second-order valence-electron chi connectivity index (χ2n) is 16.2. The van der Waals surface area contributed by atoms with Gasteiger partial charge in [0.15, 0.2) is 5.82 Å². The third-order valence-corrected chi connectivity index (χ3v) is 12.7. The average Bonchev–Trinajstić information content (AvgIpc) is 3.86. The lowest BCUT2D eigenvalue weighted by molar-refractivity contribution is 1.17. The number of hydrogen-bond acceptors (Lipinski definition) is 2. The Balaban J connectivity index is 0.980. The summed E-state index contributed by atoms with van der Waals surface area (Å²) in [4.78, 5) is 10.6. The van der Waals surface area contributed by atoms with Crippen LogP contribution in [-0.4, -0.2) is 19.1 Å². The number of rotatable bonds is 5. The van der Waals surface area contributed by atoms with Crippen LogP contribution in [0.1, 0.15) is 0 Å². The first-order valence-electron chi connectivity index (χ1n) is 21.2. The van der Waals surface area contributed by atoms with E-state index in [1.807, 2.05) is 0 Å². The van der Waals surface area contributed by atoms with Crippen molar-refractivity contribution in [3.63, 3.8) is 0 Å². The van der Waals surface area contributed by atoms with Gasteiger partial charge in [0.25, 0.3) is 0 Å². The quantitative estimate of drug-likeness (QED) is 0.163. The summed E-state index contributed by atoms with van der Waals surface area (Å²) < 4.78 is 4.79. The largest absolute Gasteiger partial charge is 0.309 e. The van der Waals surface area contributed by atoms with E-state index in [9.17, 15) is 0 Å². The summed E-state index contributed by atoms with van der Waals surface area (Å²) in [5.74, 6) is 0.704. The summed E-state index contributed by atoms with van der Waals surface area (Å²) in [6.45, 7) is 0. The number of benzene rings is 10. The summed E-state index contributed by atoms with van der Waals surface area (Å²) in [7, 11) is 0. The molecule has 0 bridgehead atoms. The summed E-state index contributed by atoms with van der Waals surface area (Å²) in [6.07, 6.45) is 0. The van der Waals surface area contributed by atoms with Crippen molar-refractivity contribution in [2.45, 2.75) is 0 Å². The predicted molar refractivity (Wildman–Crippen MR) is 260 cm³/mol. The summed E-state index contributed by atoms with van der Waals surface area (Å²) in [5, 5.41) is 10.7. The molecule has 62 heavy (non-hydrogen) atoms. The minimum Gasteiger partial charge on any atom is -0.309 e. The van der Waals surface area contributed by atoms with Crippen LogP contribution < -0.4 is 0 Å². The zero-order valence-corrected chi connectivity index (χ0v) is 33.6. The van der Waals surface area contributed by atoms with Crippen LogP contribution in [0.5, 0.6) is 0 Å². The van der Waals surface area contributed by atoms with Gasteiger partial charge in [-0.3, -0.25) is 0 Å². The molecule has 0 radical (unpaired) electrons. The molecule has 0 saturated carbocycles. The van der Waals surface area contributed by atoms with E-state index in [1.165, 1.54) is 60.0 Å². The maximum atomic E-state index is 5.34. The molecular weight excluding hydrogens is 753 g/mol. The zero-order valence-electron chi connectivity index (χ0n) is 33.6. The number of fused-ring (bicyclic) bond motifs is 10. The molecule has 0 unspecified atom stereocenters. The molecule has 0 N–H and O–H groups in total. The van der Waals surface area contributed by atoms with Gasteiger partial charge in [-0.15, -0.1) is 0 Å².